The molecule has 172 valence electrons. The van der Waals surface area contributed by atoms with Gasteiger partial charge in [-0.3, -0.25) is 19.2 Å². The van der Waals surface area contributed by atoms with Crippen molar-refractivity contribution in [3.05, 3.63) is 35.5 Å². The first kappa shape index (κ1) is 23.3. The molecular weight excluding hydrogens is 410 g/mol. The van der Waals surface area contributed by atoms with E-state index < -0.39 is 29.8 Å². The summed E-state index contributed by atoms with van der Waals surface area (Å²) in [5, 5.41) is 9.07. The molecule has 1 aliphatic rings. The van der Waals surface area contributed by atoms with E-state index in [1.807, 2.05) is 39.0 Å². The number of aromatic nitrogens is 1. The fourth-order valence-corrected chi connectivity index (χ4v) is 4.04. The van der Waals surface area contributed by atoms with Gasteiger partial charge in [0.05, 0.1) is 0 Å². The molecule has 3 atom stereocenters. The first-order valence-corrected chi connectivity index (χ1v) is 10.9. The highest BCUT2D eigenvalue weighted by atomic mass is 16.2. The van der Waals surface area contributed by atoms with Crippen molar-refractivity contribution < 1.29 is 19.2 Å². The number of aromatic amines is 1. The summed E-state index contributed by atoms with van der Waals surface area (Å²) in [6, 6.07) is 5.66. The van der Waals surface area contributed by atoms with Gasteiger partial charge in [-0.1, -0.05) is 26.0 Å². The smallest absolute Gasteiger partial charge is 0.268 e. The zero-order valence-electron chi connectivity index (χ0n) is 18.7. The van der Waals surface area contributed by atoms with Crippen LogP contribution in [0.5, 0.6) is 0 Å². The van der Waals surface area contributed by atoms with E-state index in [0.29, 0.717) is 25.1 Å². The number of hydrogen-bond acceptors (Lipinski definition) is 4. The first-order valence-electron chi connectivity index (χ1n) is 10.9. The summed E-state index contributed by atoms with van der Waals surface area (Å²) in [6.45, 7) is 6.38. The fourth-order valence-electron chi connectivity index (χ4n) is 4.04. The molecule has 2 aromatic rings. The van der Waals surface area contributed by atoms with Crippen LogP contribution >= 0.6 is 0 Å². The van der Waals surface area contributed by atoms with Crippen LogP contribution in [-0.2, 0) is 14.4 Å². The molecule has 32 heavy (non-hydrogen) atoms. The summed E-state index contributed by atoms with van der Waals surface area (Å²) < 4.78 is 0. The first-order chi connectivity index (χ1) is 15.2. The number of primary amides is 1. The van der Waals surface area contributed by atoms with E-state index >= 15 is 0 Å². The van der Waals surface area contributed by atoms with Crippen LogP contribution in [0.1, 0.15) is 49.2 Å². The van der Waals surface area contributed by atoms with Crippen LogP contribution < -0.4 is 21.7 Å². The van der Waals surface area contributed by atoms with Crippen LogP contribution in [0.2, 0.25) is 0 Å². The fraction of sp³-hybridized carbons (Fsp3) is 0.478. The van der Waals surface area contributed by atoms with Crippen LogP contribution in [0.4, 0.5) is 0 Å². The van der Waals surface area contributed by atoms with Crippen molar-refractivity contribution in [3.63, 3.8) is 0 Å². The quantitative estimate of drug-likeness (QED) is 0.397. The molecule has 1 aromatic carbocycles. The van der Waals surface area contributed by atoms with Gasteiger partial charge in [0.2, 0.25) is 17.7 Å². The Labute approximate surface area is 186 Å². The summed E-state index contributed by atoms with van der Waals surface area (Å²) >= 11 is 0. The largest absolute Gasteiger partial charge is 0.368 e. The number of hydrogen-bond donors (Lipinski definition) is 5. The summed E-state index contributed by atoms with van der Waals surface area (Å²) in [7, 11) is 0. The number of fused-ring (bicyclic) bond motifs is 1. The third-order valence-corrected chi connectivity index (χ3v) is 5.80. The van der Waals surface area contributed by atoms with E-state index in [2.05, 4.69) is 20.9 Å². The molecule has 9 heteroatoms. The number of carbonyl (C=O) groups excluding carboxylic acids is 4. The predicted molar refractivity (Wildman–Crippen MR) is 121 cm³/mol. The van der Waals surface area contributed by atoms with Crippen molar-refractivity contribution in [2.75, 3.05) is 6.54 Å². The van der Waals surface area contributed by atoms with Crippen molar-refractivity contribution >= 4 is 34.5 Å². The maximum Gasteiger partial charge on any atom is 0.268 e. The van der Waals surface area contributed by atoms with Crippen molar-refractivity contribution in [2.24, 2.45) is 17.6 Å². The number of benzene rings is 1. The molecule has 1 unspecified atom stereocenters. The number of H-pyrrole nitrogens is 1. The van der Waals surface area contributed by atoms with Crippen LogP contribution in [0.15, 0.2) is 24.3 Å². The van der Waals surface area contributed by atoms with Crippen LogP contribution in [0.25, 0.3) is 10.9 Å². The van der Waals surface area contributed by atoms with E-state index in [-0.39, 0.29) is 24.2 Å². The minimum atomic E-state index is -0.987. The average Bonchev–Trinajstić information content (AvgIpc) is 3.33. The number of nitrogens with two attached hydrogens (primary N) is 1. The Balaban J connectivity index is 1.72. The number of carbonyl (C=O) groups is 4. The standard InChI is InChI=1S/C23H31N5O4/c1-12(2)9-18(22(31)27-17(20(24)29)10-14-7-8-25-21(14)30)28-23(32)19-11-15-13(3)5-4-6-16(15)26-19/h4-6,11-12,14,17-18,26H,7-10H2,1-3H3,(H2,24,29)(H,25,30)(H,27,31)(H,28,32)/t14?,17-,18-/m0/s1. The lowest BCUT2D eigenvalue weighted by Gasteiger charge is -2.24. The molecule has 1 saturated heterocycles. The molecule has 4 amide bonds. The molecule has 0 bridgehead atoms. The third kappa shape index (κ3) is 5.46. The molecule has 1 aliphatic heterocycles. The van der Waals surface area contributed by atoms with Gasteiger partial charge in [-0.25, -0.2) is 0 Å². The van der Waals surface area contributed by atoms with E-state index in [0.717, 1.165) is 16.5 Å². The zero-order valence-corrected chi connectivity index (χ0v) is 18.7. The van der Waals surface area contributed by atoms with E-state index in [1.165, 1.54) is 0 Å². The molecule has 6 N–H and O–H groups in total. The second-order valence-electron chi connectivity index (χ2n) is 8.85. The zero-order chi connectivity index (χ0) is 23.4. The van der Waals surface area contributed by atoms with Gasteiger partial charge in [0.25, 0.3) is 5.91 Å². The molecule has 0 radical (unpaired) electrons. The Morgan fingerprint density at radius 1 is 1.19 bits per heavy atom. The molecule has 1 fully saturated rings. The van der Waals surface area contributed by atoms with Crippen molar-refractivity contribution in [3.8, 4) is 0 Å². The maximum atomic E-state index is 13.0. The Kier molecular flexibility index (Phi) is 7.17. The second-order valence-corrected chi connectivity index (χ2v) is 8.85. The average molecular weight is 442 g/mol. The normalized spacial score (nSPS) is 17.8. The van der Waals surface area contributed by atoms with Gasteiger partial charge in [-0.15, -0.1) is 0 Å². The lowest BCUT2D eigenvalue weighted by molar-refractivity contribution is -0.130. The molecule has 9 nitrogen and oxygen atoms in total. The van der Waals surface area contributed by atoms with Gasteiger partial charge < -0.3 is 26.7 Å². The highest BCUT2D eigenvalue weighted by molar-refractivity contribution is 6.01. The second kappa shape index (κ2) is 9.84. The highest BCUT2D eigenvalue weighted by Crippen LogP contribution is 2.20. The Morgan fingerprint density at radius 2 is 1.94 bits per heavy atom. The van der Waals surface area contributed by atoms with E-state index in [9.17, 15) is 19.2 Å². The van der Waals surface area contributed by atoms with Gasteiger partial charge in [0, 0.05) is 23.4 Å². The van der Waals surface area contributed by atoms with E-state index in [4.69, 9.17) is 5.73 Å². The SMILES string of the molecule is Cc1cccc2[nH]c(C(=O)N[C@@H](CC(C)C)C(=O)N[C@@H](CC3CCNC3=O)C(N)=O)cc12. The number of aryl methyl sites for hydroxylation is 1. The summed E-state index contributed by atoms with van der Waals surface area (Å²) in [5.41, 5.74) is 7.71. The predicted octanol–water partition coefficient (Wildman–Crippen LogP) is 1.12. The minimum Gasteiger partial charge on any atom is -0.368 e. The Hall–Kier alpha value is -3.36. The summed E-state index contributed by atoms with van der Waals surface area (Å²) in [5.74, 6) is -2.02. The van der Waals surface area contributed by atoms with Gasteiger partial charge in [0.15, 0.2) is 0 Å². The molecule has 0 spiro atoms. The molecule has 2 heterocycles. The monoisotopic (exact) mass is 441 g/mol. The van der Waals surface area contributed by atoms with Crippen molar-refractivity contribution in [1.29, 1.82) is 0 Å². The number of rotatable bonds is 9. The van der Waals surface area contributed by atoms with Crippen LogP contribution in [-0.4, -0.2) is 47.2 Å². The third-order valence-electron chi connectivity index (χ3n) is 5.80. The van der Waals surface area contributed by atoms with Crippen LogP contribution in [0.3, 0.4) is 0 Å². The maximum absolute atomic E-state index is 13.0. The van der Waals surface area contributed by atoms with Crippen molar-refractivity contribution in [2.45, 2.75) is 52.1 Å². The lowest BCUT2D eigenvalue weighted by Crippen LogP contribution is -2.54. The van der Waals surface area contributed by atoms with Gasteiger partial charge in [0.1, 0.15) is 17.8 Å². The molecule has 3 rings (SSSR count). The minimum absolute atomic E-state index is 0.114. The van der Waals surface area contributed by atoms with Gasteiger partial charge in [-0.05, 0) is 49.8 Å². The summed E-state index contributed by atoms with van der Waals surface area (Å²) in [6.07, 6.45) is 1.10. The lowest BCUT2D eigenvalue weighted by atomic mass is 9.97. The Morgan fingerprint density at radius 3 is 2.53 bits per heavy atom. The topological polar surface area (TPSA) is 146 Å². The molecular formula is C23H31N5O4. The van der Waals surface area contributed by atoms with Gasteiger partial charge in [-0.2, -0.15) is 0 Å². The molecule has 1 aromatic heterocycles. The van der Waals surface area contributed by atoms with Crippen molar-refractivity contribution in [1.82, 2.24) is 20.9 Å². The number of nitrogens with one attached hydrogen (secondary N) is 4. The highest BCUT2D eigenvalue weighted by Gasteiger charge is 2.32. The number of amides is 4. The van der Waals surface area contributed by atoms with E-state index in [1.54, 1.807) is 6.07 Å². The van der Waals surface area contributed by atoms with Crippen LogP contribution in [0, 0.1) is 18.8 Å². The molecule has 0 aliphatic carbocycles. The van der Waals surface area contributed by atoms with Gasteiger partial charge >= 0.3 is 0 Å². The summed E-state index contributed by atoms with van der Waals surface area (Å²) in [4.78, 5) is 52.8. The Bertz CT molecular complexity index is 1030. The molecule has 0 saturated carbocycles.